The molecule has 100 valence electrons. The number of methoxy groups -OCH3 is 1. The third-order valence-corrected chi connectivity index (χ3v) is 3.63. The Bertz CT molecular complexity index is 360. The molecule has 1 aliphatic rings. The summed E-state index contributed by atoms with van der Waals surface area (Å²) >= 11 is 0. The van der Waals surface area contributed by atoms with E-state index >= 15 is 0 Å². The predicted molar refractivity (Wildman–Crippen MR) is 76.1 cm³/mol. The van der Waals surface area contributed by atoms with Gasteiger partial charge < -0.3 is 10.1 Å². The van der Waals surface area contributed by atoms with Gasteiger partial charge >= 0.3 is 0 Å². The Kier molecular flexibility index (Phi) is 5.06. The first-order valence-electron chi connectivity index (χ1n) is 7.18. The van der Waals surface area contributed by atoms with E-state index in [1.54, 1.807) is 7.11 Å². The van der Waals surface area contributed by atoms with Crippen molar-refractivity contribution in [2.24, 2.45) is 5.92 Å². The Morgan fingerprint density at radius 1 is 1.39 bits per heavy atom. The molecule has 2 rings (SSSR count). The molecule has 0 spiro atoms. The largest absolute Gasteiger partial charge is 0.497 e. The van der Waals surface area contributed by atoms with Gasteiger partial charge in [0.25, 0.3) is 0 Å². The van der Waals surface area contributed by atoms with Crippen LogP contribution in [0.3, 0.4) is 0 Å². The molecule has 0 heterocycles. The lowest BCUT2D eigenvalue weighted by Gasteiger charge is -2.17. The summed E-state index contributed by atoms with van der Waals surface area (Å²) in [5.41, 5.74) is 1.39. The van der Waals surface area contributed by atoms with Gasteiger partial charge in [-0.1, -0.05) is 25.5 Å². The Hall–Kier alpha value is -1.02. The van der Waals surface area contributed by atoms with Crippen LogP contribution >= 0.6 is 0 Å². The van der Waals surface area contributed by atoms with Crippen LogP contribution in [-0.2, 0) is 6.42 Å². The third-order valence-electron chi connectivity index (χ3n) is 3.63. The molecular weight excluding hydrogens is 222 g/mol. The fourth-order valence-corrected chi connectivity index (χ4v) is 2.44. The molecule has 0 aromatic heterocycles. The lowest BCUT2D eigenvalue weighted by molar-refractivity contribution is 0.411. The zero-order valence-electron chi connectivity index (χ0n) is 11.6. The van der Waals surface area contributed by atoms with Crippen molar-refractivity contribution in [2.45, 2.75) is 45.1 Å². The summed E-state index contributed by atoms with van der Waals surface area (Å²) in [6.07, 6.45) is 6.47. The number of hydrogen-bond donors (Lipinski definition) is 1. The first kappa shape index (κ1) is 13.4. The first-order chi connectivity index (χ1) is 8.81. The topological polar surface area (TPSA) is 21.3 Å². The monoisotopic (exact) mass is 247 g/mol. The van der Waals surface area contributed by atoms with E-state index in [0.717, 1.165) is 30.7 Å². The highest BCUT2D eigenvalue weighted by atomic mass is 16.5. The fraction of sp³-hybridized carbons (Fsp3) is 0.625. The molecule has 1 aromatic rings. The zero-order chi connectivity index (χ0) is 12.8. The number of rotatable bonds is 8. The second-order valence-corrected chi connectivity index (χ2v) is 5.39. The van der Waals surface area contributed by atoms with Gasteiger partial charge in [-0.15, -0.1) is 0 Å². The van der Waals surface area contributed by atoms with E-state index in [2.05, 4.69) is 30.4 Å². The van der Waals surface area contributed by atoms with E-state index in [4.69, 9.17) is 4.74 Å². The van der Waals surface area contributed by atoms with Crippen molar-refractivity contribution in [2.75, 3.05) is 13.7 Å². The van der Waals surface area contributed by atoms with Crippen molar-refractivity contribution in [1.29, 1.82) is 0 Å². The van der Waals surface area contributed by atoms with Crippen LogP contribution in [0.4, 0.5) is 0 Å². The third kappa shape index (κ3) is 4.34. The summed E-state index contributed by atoms with van der Waals surface area (Å²) in [6, 6.07) is 9.30. The van der Waals surface area contributed by atoms with Crippen LogP contribution in [0, 0.1) is 5.92 Å². The molecule has 18 heavy (non-hydrogen) atoms. The van der Waals surface area contributed by atoms with Crippen molar-refractivity contribution in [3.63, 3.8) is 0 Å². The van der Waals surface area contributed by atoms with Crippen molar-refractivity contribution in [1.82, 2.24) is 5.32 Å². The van der Waals surface area contributed by atoms with Crippen molar-refractivity contribution >= 4 is 0 Å². The van der Waals surface area contributed by atoms with E-state index < -0.39 is 0 Å². The smallest absolute Gasteiger partial charge is 0.119 e. The number of benzene rings is 1. The van der Waals surface area contributed by atoms with E-state index in [1.165, 1.54) is 31.2 Å². The zero-order valence-corrected chi connectivity index (χ0v) is 11.6. The molecule has 0 radical (unpaired) electrons. The highest BCUT2D eigenvalue weighted by Gasteiger charge is 2.21. The maximum Gasteiger partial charge on any atom is 0.119 e. The Morgan fingerprint density at radius 2 is 2.22 bits per heavy atom. The van der Waals surface area contributed by atoms with Crippen molar-refractivity contribution in [3.8, 4) is 5.75 Å². The maximum atomic E-state index is 5.29. The van der Waals surface area contributed by atoms with E-state index in [0.29, 0.717) is 0 Å². The standard InChI is InChI=1S/C16H25NO/c1-3-5-14(12-17-15-8-9-15)10-13-6-4-7-16(11-13)18-2/h4,6-7,11,14-15,17H,3,5,8-10,12H2,1-2H3. The summed E-state index contributed by atoms with van der Waals surface area (Å²) in [4.78, 5) is 0. The molecule has 2 nitrogen and oxygen atoms in total. The van der Waals surface area contributed by atoms with Crippen LogP contribution in [0.25, 0.3) is 0 Å². The minimum Gasteiger partial charge on any atom is -0.497 e. The molecule has 0 bridgehead atoms. The molecule has 0 amide bonds. The highest BCUT2D eigenvalue weighted by molar-refractivity contribution is 5.28. The predicted octanol–water partition coefficient (Wildman–Crippen LogP) is 3.41. The van der Waals surface area contributed by atoms with Crippen molar-refractivity contribution < 1.29 is 4.74 Å². The second-order valence-electron chi connectivity index (χ2n) is 5.39. The fourth-order valence-electron chi connectivity index (χ4n) is 2.44. The van der Waals surface area contributed by atoms with Crippen LogP contribution in [0.1, 0.15) is 38.2 Å². The molecule has 0 saturated heterocycles. The molecule has 1 aliphatic carbocycles. The molecule has 0 aliphatic heterocycles. The molecule has 1 unspecified atom stereocenters. The van der Waals surface area contributed by atoms with Gasteiger partial charge in [-0.3, -0.25) is 0 Å². The van der Waals surface area contributed by atoms with E-state index in [9.17, 15) is 0 Å². The lowest BCUT2D eigenvalue weighted by Crippen LogP contribution is -2.26. The second kappa shape index (κ2) is 6.79. The van der Waals surface area contributed by atoms with Crippen LogP contribution in [-0.4, -0.2) is 19.7 Å². The molecule has 2 heteroatoms. The van der Waals surface area contributed by atoms with Crippen molar-refractivity contribution in [3.05, 3.63) is 29.8 Å². The SMILES string of the molecule is CCCC(CNC1CC1)Cc1cccc(OC)c1. The van der Waals surface area contributed by atoms with Gasteiger partial charge in [-0.05, 0) is 55.8 Å². The van der Waals surface area contributed by atoms with Crippen LogP contribution < -0.4 is 10.1 Å². The molecule has 1 N–H and O–H groups in total. The summed E-state index contributed by atoms with van der Waals surface area (Å²) < 4.78 is 5.29. The molecule has 1 fully saturated rings. The normalized spacial score (nSPS) is 16.6. The molecule has 1 aromatic carbocycles. The van der Waals surface area contributed by atoms with Crippen LogP contribution in [0.2, 0.25) is 0 Å². The van der Waals surface area contributed by atoms with Crippen LogP contribution in [0.5, 0.6) is 5.75 Å². The summed E-state index contributed by atoms with van der Waals surface area (Å²) in [5, 5.41) is 3.66. The summed E-state index contributed by atoms with van der Waals surface area (Å²) in [6.45, 7) is 3.44. The maximum absolute atomic E-state index is 5.29. The highest BCUT2D eigenvalue weighted by Crippen LogP contribution is 2.22. The molecular formula is C16H25NO. The average molecular weight is 247 g/mol. The van der Waals surface area contributed by atoms with Gasteiger partial charge in [-0.25, -0.2) is 0 Å². The number of ether oxygens (including phenoxy) is 1. The quantitative estimate of drug-likeness (QED) is 0.760. The number of hydrogen-bond acceptors (Lipinski definition) is 2. The summed E-state index contributed by atoms with van der Waals surface area (Å²) in [5.74, 6) is 1.72. The van der Waals surface area contributed by atoms with Gasteiger partial charge in [-0.2, -0.15) is 0 Å². The van der Waals surface area contributed by atoms with Gasteiger partial charge in [0.1, 0.15) is 5.75 Å². The Labute approximate surface area is 111 Å². The van der Waals surface area contributed by atoms with Gasteiger partial charge in [0.15, 0.2) is 0 Å². The minimum absolute atomic E-state index is 0.753. The lowest BCUT2D eigenvalue weighted by atomic mass is 9.95. The van der Waals surface area contributed by atoms with Gasteiger partial charge in [0.2, 0.25) is 0 Å². The van der Waals surface area contributed by atoms with E-state index in [-0.39, 0.29) is 0 Å². The summed E-state index contributed by atoms with van der Waals surface area (Å²) in [7, 11) is 1.73. The number of nitrogens with one attached hydrogen (secondary N) is 1. The molecule has 1 saturated carbocycles. The Morgan fingerprint density at radius 3 is 2.89 bits per heavy atom. The van der Waals surface area contributed by atoms with Gasteiger partial charge in [0, 0.05) is 6.04 Å². The molecule has 1 atom stereocenters. The first-order valence-corrected chi connectivity index (χ1v) is 7.18. The average Bonchev–Trinajstić information content (AvgIpc) is 3.20. The van der Waals surface area contributed by atoms with Crippen LogP contribution in [0.15, 0.2) is 24.3 Å². The Balaban J connectivity index is 1.88. The van der Waals surface area contributed by atoms with Gasteiger partial charge in [0.05, 0.1) is 7.11 Å². The minimum atomic E-state index is 0.753. The van der Waals surface area contributed by atoms with E-state index in [1.807, 2.05) is 6.07 Å².